The van der Waals surface area contributed by atoms with Crippen molar-refractivity contribution in [3.63, 3.8) is 0 Å². The molecule has 1 atom stereocenters. The molecule has 1 unspecified atom stereocenters. The van der Waals surface area contributed by atoms with Gasteiger partial charge in [-0.2, -0.15) is 0 Å². The summed E-state index contributed by atoms with van der Waals surface area (Å²) in [6, 6.07) is 5.97. The maximum Gasteiger partial charge on any atom is 0.138 e. The summed E-state index contributed by atoms with van der Waals surface area (Å²) >= 11 is 11.9. The van der Waals surface area contributed by atoms with Crippen molar-refractivity contribution in [3.8, 4) is 5.75 Å². The fourth-order valence-corrected chi connectivity index (χ4v) is 2.98. The average molecular weight is 354 g/mol. The first-order valence-corrected chi connectivity index (χ1v) is 7.91. The Morgan fingerprint density at radius 1 is 1.29 bits per heavy atom. The number of hydrogen-bond donors (Lipinski definition) is 1. The first-order chi connectivity index (χ1) is 9.66. The Morgan fingerprint density at radius 2 is 2.10 bits per heavy atom. The van der Waals surface area contributed by atoms with Crippen LogP contribution in [0.1, 0.15) is 19.3 Å². The van der Waals surface area contributed by atoms with Crippen LogP contribution in [0.2, 0.25) is 10.0 Å². The van der Waals surface area contributed by atoms with Crippen molar-refractivity contribution in [2.24, 2.45) is 0 Å². The zero-order valence-electron chi connectivity index (χ0n) is 12.3. The number of nitrogens with one attached hydrogen (secondary N) is 1. The number of likely N-dealkylation sites (N-methyl/N-ethyl adjacent to an activating group) is 1. The lowest BCUT2D eigenvalue weighted by Crippen LogP contribution is -2.35. The van der Waals surface area contributed by atoms with E-state index in [0.717, 1.165) is 19.6 Å². The van der Waals surface area contributed by atoms with Gasteiger partial charge in [0.1, 0.15) is 12.4 Å². The smallest absolute Gasteiger partial charge is 0.138 e. The second-order valence-corrected chi connectivity index (χ2v) is 6.08. The number of ether oxygens (including phenoxy) is 1. The van der Waals surface area contributed by atoms with Crippen LogP contribution in [0.3, 0.4) is 0 Å². The first kappa shape index (κ1) is 18.9. The van der Waals surface area contributed by atoms with Crippen molar-refractivity contribution in [2.45, 2.75) is 25.3 Å². The molecule has 1 heterocycles. The second kappa shape index (κ2) is 9.75. The van der Waals surface area contributed by atoms with Crippen LogP contribution in [0, 0.1) is 0 Å². The second-order valence-electron chi connectivity index (χ2n) is 5.24. The Kier molecular flexibility index (Phi) is 8.76. The Labute approximate surface area is 143 Å². The molecule has 6 heteroatoms. The van der Waals surface area contributed by atoms with Gasteiger partial charge in [0.15, 0.2) is 0 Å². The Bertz CT molecular complexity index is 423. The maximum absolute atomic E-state index is 6.08. The number of nitrogens with zero attached hydrogens (tertiary/aromatic N) is 1. The molecule has 0 aromatic heterocycles. The Morgan fingerprint density at radius 3 is 2.86 bits per heavy atom. The predicted octanol–water partition coefficient (Wildman–Crippen LogP) is 3.87. The Hall–Kier alpha value is -0.190. The average Bonchev–Trinajstić information content (AvgIpc) is 2.70. The molecule has 0 saturated carbocycles. The van der Waals surface area contributed by atoms with Gasteiger partial charge in [-0.05, 0) is 57.6 Å². The van der Waals surface area contributed by atoms with E-state index in [9.17, 15) is 0 Å². The molecule has 0 bridgehead atoms. The summed E-state index contributed by atoms with van der Waals surface area (Å²) in [7, 11) is 2.17. The number of hydrogen-bond acceptors (Lipinski definition) is 3. The third-order valence-corrected chi connectivity index (χ3v) is 4.29. The van der Waals surface area contributed by atoms with Gasteiger partial charge in [-0.15, -0.1) is 12.4 Å². The van der Waals surface area contributed by atoms with E-state index in [1.165, 1.54) is 19.3 Å². The van der Waals surface area contributed by atoms with Gasteiger partial charge in [-0.25, -0.2) is 0 Å². The zero-order chi connectivity index (χ0) is 14.4. The molecule has 1 N–H and O–H groups in total. The van der Waals surface area contributed by atoms with Crippen LogP contribution in [0.4, 0.5) is 0 Å². The molecule has 0 amide bonds. The monoisotopic (exact) mass is 352 g/mol. The molecule has 2 rings (SSSR count). The highest BCUT2D eigenvalue weighted by atomic mass is 35.5. The van der Waals surface area contributed by atoms with Gasteiger partial charge in [0.25, 0.3) is 0 Å². The lowest BCUT2D eigenvalue weighted by Gasteiger charge is -2.26. The molecule has 120 valence electrons. The van der Waals surface area contributed by atoms with Crippen LogP contribution in [-0.4, -0.2) is 44.2 Å². The van der Waals surface area contributed by atoms with Crippen molar-refractivity contribution < 1.29 is 4.74 Å². The van der Waals surface area contributed by atoms with E-state index < -0.39 is 0 Å². The highest BCUT2D eigenvalue weighted by molar-refractivity contribution is 6.35. The lowest BCUT2D eigenvalue weighted by atomic mass is 10.1. The molecule has 1 fully saturated rings. The molecular formula is C15H23Cl3N2O. The highest BCUT2D eigenvalue weighted by Gasteiger charge is 2.16. The predicted molar refractivity (Wildman–Crippen MR) is 92.3 cm³/mol. The van der Waals surface area contributed by atoms with Gasteiger partial charge in [-0.3, -0.25) is 4.90 Å². The quantitative estimate of drug-likeness (QED) is 0.869. The summed E-state index contributed by atoms with van der Waals surface area (Å²) in [5.41, 5.74) is 0. The maximum atomic E-state index is 6.08. The van der Waals surface area contributed by atoms with Crippen LogP contribution >= 0.6 is 35.6 Å². The normalized spacial score (nSPS) is 19.0. The van der Waals surface area contributed by atoms with Crippen LogP contribution in [0.15, 0.2) is 18.2 Å². The van der Waals surface area contributed by atoms with Gasteiger partial charge in [0.2, 0.25) is 0 Å². The topological polar surface area (TPSA) is 24.5 Å². The fourth-order valence-electron chi connectivity index (χ4n) is 2.52. The number of halogens is 3. The van der Waals surface area contributed by atoms with Gasteiger partial charge in [-0.1, -0.05) is 23.2 Å². The van der Waals surface area contributed by atoms with E-state index in [1.807, 2.05) is 6.07 Å². The summed E-state index contributed by atoms with van der Waals surface area (Å²) in [5.74, 6) is 0.701. The minimum atomic E-state index is 0. The molecule has 1 saturated heterocycles. The third-order valence-electron chi connectivity index (χ3n) is 3.76. The third kappa shape index (κ3) is 6.21. The van der Waals surface area contributed by atoms with Crippen molar-refractivity contribution in [1.29, 1.82) is 0 Å². The van der Waals surface area contributed by atoms with Gasteiger partial charge in [0.05, 0.1) is 5.02 Å². The summed E-state index contributed by atoms with van der Waals surface area (Å²) in [5, 5.41) is 4.64. The van der Waals surface area contributed by atoms with Crippen LogP contribution in [-0.2, 0) is 0 Å². The van der Waals surface area contributed by atoms with Crippen LogP contribution < -0.4 is 10.1 Å². The molecule has 3 nitrogen and oxygen atoms in total. The standard InChI is InChI=1S/C15H22Cl2N2O.ClH/c1-19(13-3-2-7-18-8-6-13)9-10-20-15-5-4-12(16)11-14(15)17;/h4-5,11,13,18H,2-3,6-10H2,1H3;1H. The number of benzene rings is 1. The summed E-state index contributed by atoms with van der Waals surface area (Å²) in [4.78, 5) is 2.39. The fraction of sp³-hybridized carbons (Fsp3) is 0.600. The molecule has 1 aromatic carbocycles. The molecule has 0 spiro atoms. The zero-order valence-corrected chi connectivity index (χ0v) is 14.6. The van der Waals surface area contributed by atoms with Crippen LogP contribution in [0.5, 0.6) is 5.75 Å². The van der Waals surface area contributed by atoms with E-state index in [2.05, 4.69) is 17.3 Å². The van der Waals surface area contributed by atoms with Crippen molar-refractivity contribution in [3.05, 3.63) is 28.2 Å². The van der Waals surface area contributed by atoms with E-state index >= 15 is 0 Å². The van der Waals surface area contributed by atoms with Crippen molar-refractivity contribution in [1.82, 2.24) is 10.2 Å². The van der Waals surface area contributed by atoms with Gasteiger partial charge in [0, 0.05) is 17.6 Å². The number of rotatable bonds is 5. The van der Waals surface area contributed by atoms with E-state index in [-0.39, 0.29) is 12.4 Å². The SMILES string of the molecule is CN(CCOc1ccc(Cl)cc1Cl)C1CCCNCC1.Cl. The summed E-state index contributed by atoms with van der Waals surface area (Å²) < 4.78 is 5.74. The van der Waals surface area contributed by atoms with Crippen LogP contribution in [0.25, 0.3) is 0 Å². The van der Waals surface area contributed by atoms with E-state index in [1.54, 1.807) is 12.1 Å². The molecule has 0 aliphatic carbocycles. The van der Waals surface area contributed by atoms with Gasteiger partial charge >= 0.3 is 0 Å². The molecule has 1 aliphatic heterocycles. The Balaban J connectivity index is 0.00000220. The van der Waals surface area contributed by atoms with Crippen molar-refractivity contribution in [2.75, 3.05) is 33.3 Å². The van der Waals surface area contributed by atoms with E-state index in [0.29, 0.717) is 28.4 Å². The molecule has 21 heavy (non-hydrogen) atoms. The summed E-state index contributed by atoms with van der Waals surface area (Å²) in [6.07, 6.45) is 3.71. The highest BCUT2D eigenvalue weighted by Crippen LogP contribution is 2.27. The van der Waals surface area contributed by atoms with Crippen molar-refractivity contribution >= 4 is 35.6 Å². The molecule has 1 aromatic rings. The molecular weight excluding hydrogens is 331 g/mol. The van der Waals surface area contributed by atoms with E-state index in [4.69, 9.17) is 27.9 Å². The minimum Gasteiger partial charge on any atom is -0.491 e. The lowest BCUT2D eigenvalue weighted by molar-refractivity contribution is 0.180. The first-order valence-electron chi connectivity index (χ1n) is 7.15. The summed E-state index contributed by atoms with van der Waals surface area (Å²) in [6.45, 7) is 3.80. The molecule has 1 aliphatic rings. The van der Waals surface area contributed by atoms with Gasteiger partial charge < -0.3 is 10.1 Å². The largest absolute Gasteiger partial charge is 0.491 e. The molecule has 0 radical (unpaired) electrons. The minimum absolute atomic E-state index is 0.